The standard InChI is InChI=1S/C17H15ClN2O4.C15H17N/c1-10(13-4-2-3-7-19-13)23-16-9-15-11(8-12(16)18)14(20-24-15)5-6-17(21)22;1-3-7-14(8-4-1)11-12-16-13-15-9-5-2-6-10-15/h2-4,7-10H,5-6H2,1H3,(H,21,22);1-10,16H,11-13H2/t10-;/m1./s1. The van der Waals surface area contributed by atoms with Crippen molar-refractivity contribution in [2.45, 2.75) is 38.8 Å². The van der Waals surface area contributed by atoms with E-state index in [1.165, 1.54) is 11.1 Å². The average Bonchev–Trinajstić information content (AvgIpc) is 3.37. The zero-order valence-corrected chi connectivity index (χ0v) is 23.1. The molecular formula is C32H32ClN3O4. The Kier molecular flexibility index (Phi) is 10.7. The van der Waals surface area contributed by atoms with E-state index >= 15 is 0 Å². The molecule has 2 N–H and O–H groups in total. The number of nitrogens with zero attached hydrogens (tertiary/aromatic N) is 2. The number of aromatic nitrogens is 2. The van der Waals surface area contributed by atoms with E-state index in [0.29, 0.717) is 27.4 Å². The maximum Gasteiger partial charge on any atom is 0.303 e. The van der Waals surface area contributed by atoms with Crippen LogP contribution in [0.3, 0.4) is 0 Å². The first kappa shape index (κ1) is 28.8. The summed E-state index contributed by atoms with van der Waals surface area (Å²) in [6, 6.07) is 30.0. The molecule has 0 aliphatic carbocycles. The fourth-order valence-corrected chi connectivity index (χ4v) is 4.27. The third kappa shape index (κ3) is 8.66. The number of rotatable bonds is 11. The van der Waals surface area contributed by atoms with E-state index in [-0.39, 0.29) is 18.9 Å². The zero-order chi connectivity index (χ0) is 28.2. The number of hydrogen-bond donors (Lipinski definition) is 2. The van der Waals surface area contributed by atoms with Crippen LogP contribution >= 0.6 is 11.6 Å². The molecule has 0 unspecified atom stereocenters. The summed E-state index contributed by atoms with van der Waals surface area (Å²) in [5.74, 6) is -0.426. The largest absolute Gasteiger partial charge is 0.483 e. The summed E-state index contributed by atoms with van der Waals surface area (Å²) in [4.78, 5) is 14.9. The third-order valence-corrected chi connectivity index (χ3v) is 6.48. The minimum atomic E-state index is -0.888. The van der Waals surface area contributed by atoms with Gasteiger partial charge in [-0.25, -0.2) is 0 Å². The molecular weight excluding hydrogens is 526 g/mol. The molecule has 2 aromatic heterocycles. The molecule has 0 spiro atoms. The lowest BCUT2D eigenvalue weighted by atomic mass is 10.1. The minimum Gasteiger partial charge on any atom is -0.483 e. The molecule has 206 valence electrons. The quantitative estimate of drug-likeness (QED) is 0.168. The van der Waals surface area contributed by atoms with Crippen molar-refractivity contribution in [1.29, 1.82) is 0 Å². The van der Waals surface area contributed by atoms with E-state index in [1.54, 1.807) is 18.3 Å². The molecule has 0 radical (unpaired) electrons. The average molecular weight is 558 g/mol. The Bertz CT molecular complexity index is 1440. The number of benzene rings is 3. The first-order valence-corrected chi connectivity index (χ1v) is 13.5. The number of carboxylic acids is 1. The van der Waals surface area contributed by atoms with Crippen molar-refractivity contribution in [3.05, 3.63) is 125 Å². The fraction of sp³-hybridized carbons (Fsp3) is 0.219. The smallest absolute Gasteiger partial charge is 0.303 e. The highest BCUT2D eigenvalue weighted by atomic mass is 35.5. The molecule has 0 amide bonds. The molecule has 0 saturated heterocycles. The van der Waals surface area contributed by atoms with Gasteiger partial charge in [0.05, 0.1) is 22.8 Å². The number of aliphatic carboxylic acids is 1. The third-order valence-electron chi connectivity index (χ3n) is 6.19. The van der Waals surface area contributed by atoms with Gasteiger partial charge in [-0.05, 0) is 49.2 Å². The first-order valence-electron chi connectivity index (χ1n) is 13.2. The van der Waals surface area contributed by atoms with Gasteiger partial charge in [0.25, 0.3) is 0 Å². The maximum atomic E-state index is 10.7. The van der Waals surface area contributed by atoms with Gasteiger partial charge in [0.15, 0.2) is 5.58 Å². The van der Waals surface area contributed by atoms with Crippen LogP contribution in [0, 0.1) is 0 Å². The number of halogens is 1. The van der Waals surface area contributed by atoms with Gasteiger partial charge in [-0.1, -0.05) is 83.5 Å². The highest BCUT2D eigenvalue weighted by Gasteiger charge is 2.16. The normalized spacial score (nSPS) is 11.4. The summed E-state index contributed by atoms with van der Waals surface area (Å²) in [7, 11) is 0. The van der Waals surface area contributed by atoms with Crippen LogP contribution in [0.15, 0.2) is 102 Å². The second-order valence-corrected chi connectivity index (χ2v) is 9.62. The van der Waals surface area contributed by atoms with Crippen LogP contribution in [-0.4, -0.2) is 27.8 Å². The Morgan fingerprint density at radius 3 is 2.35 bits per heavy atom. The molecule has 0 bridgehead atoms. The van der Waals surface area contributed by atoms with Gasteiger partial charge in [0.1, 0.15) is 11.9 Å². The Morgan fingerprint density at radius 2 is 1.68 bits per heavy atom. The molecule has 0 aliphatic heterocycles. The van der Waals surface area contributed by atoms with E-state index in [9.17, 15) is 4.79 Å². The Balaban J connectivity index is 0.000000201. The fourth-order valence-electron chi connectivity index (χ4n) is 4.06. The molecule has 7 nitrogen and oxygen atoms in total. The predicted octanol–water partition coefficient (Wildman–Crippen LogP) is 7.05. The Hall–Kier alpha value is -4.20. The number of carbonyl (C=O) groups is 1. The van der Waals surface area contributed by atoms with Crippen LogP contribution < -0.4 is 10.1 Å². The van der Waals surface area contributed by atoms with Crippen molar-refractivity contribution in [3.63, 3.8) is 0 Å². The molecule has 0 saturated carbocycles. The molecule has 2 heterocycles. The van der Waals surface area contributed by atoms with Crippen molar-refractivity contribution in [1.82, 2.24) is 15.5 Å². The van der Waals surface area contributed by atoms with Gasteiger partial charge >= 0.3 is 5.97 Å². The number of pyridine rings is 1. The van der Waals surface area contributed by atoms with E-state index < -0.39 is 5.97 Å². The Morgan fingerprint density at radius 1 is 0.975 bits per heavy atom. The number of aryl methyl sites for hydroxylation is 1. The minimum absolute atomic E-state index is 0.0196. The second-order valence-electron chi connectivity index (χ2n) is 9.21. The van der Waals surface area contributed by atoms with Crippen LogP contribution in [0.5, 0.6) is 5.75 Å². The SMILES string of the molecule is C[C@@H](Oc1cc2onc(CCC(=O)O)c2cc1Cl)c1ccccn1.c1ccc(CCNCc2ccccc2)cc1. The lowest BCUT2D eigenvalue weighted by Gasteiger charge is -2.15. The highest BCUT2D eigenvalue weighted by molar-refractivity contribution is 6.32. The summed E-state index contributed by atoms with van der Waals surface area (Å²) in [5.41, 5.74) is 4.59. The van der Waals surface area contributed by atoms with Crippen molar-refractivity contribution in [3.8, 4) is 5.75 Å². The topological polar surface area (TPSA) is 97.5 Å². The van der Waals surface area contributed by atoms with Crippen molar-refractivity contribution >= 4 is 28.5 Å². The van der Waals surface area contributed by atoms with Crippen molar-refractivity contribution in [2.75, 3.05) is 6.54 Å². The molecule has 0 fully saturated rings. The van der Waals surface area contributed by atoms with E-state index in [0.717, 1.165) is 25.2 Å². The summed E-state index contributed by atoms with van der Waals surface area (Å²) in [6.07, 6.45) is 2.77. The van der Waals surface area contributed by atoms with Crippen LogP contribution in [-0.2, 0) is 24.2 Å². The number of ether oxygens (including phenoxy) is 1. The Labute approximate surface area is 238 Å². The maximum absolute atomic E-state index is 10.7. The van der Waals surface area contributed by atoms with E-state index in [1.807, 2.05) is 31.2 Å². The lowest BCUT2D eigenvalue weighted by Crippen LogP contribution is -2.16. The predicted molar refractivity (Wildman–Crippen MR) is 157 cm³/mol. The molecule has 3 aromatic carbocycles. The molecule has 0 aliphatic rings. The van der Waals surface area contributed by atoms with Gasteiger partial charge in [-0.15, -0.1) is 0 Å². The summed E-state index contributed by atoms with van der Waals surface area (Å²) >= 11 is 6.30. The highest BCUT2D eigenvalue weighted by Crippen LogP contribution is 2.34. The van der Waals surface area contributed by atoms with E-state index in [4.69, 9.17) is 26.0 Å². The molecule has 8 heteroatoms. The zero-order valence-electron chi connectivity index (χ0n) is 22.3. The van der Waals surface area contributed by atoms with Crippen LogP contribution in [0.1, 0.15) is 42.0 Å². The van der Waals surface area contributed by atoms with Crippen LogP contribution in [0.25, 0.3) is 11.0 Å². The van der Waals surface area contributed by atoms with Crippen LogP contribution in [0.4, 0.5) is 0 Å². The summed E-state index contributed by atoms with van der Waals surface area (Å²) in [6.45, 7) is 3.86. The molecule has 1 atom stereocenters. The molecule has 40 heavy (non-hydrogen) atoms. The van der Waals surface area contributed by atoms with Crippen LogP contribution in [0.2, 0.25) is 5.02 Å². The number of carboxylic acid groups (broad SMARTS) is 1. The monoisotopic (exact) mass is 557 g/mol. The van der Waals surface area contributed by atoms with Gasteiger partial charge < -0.3 is 19.7 Å². The number of fused-ring (bicyclic) bond motifs is 1. The molecule has 5 aromatic rings. The first-order chi connectivity index (χ1) is 19.5. The lowest BCUT2D eigenvalue weighted by molar-refractivity contribution is -0.136. The van der Waals surface area contributed by atoms with Crippen molar-refractivity contribution in [2.24, 2.45) is 0 Å². The van der Waals surface area contributed by atoms with Crippen molar-refractivity contribution < 1.29 is 19.2 Å². The van der Waals surface area contributed by atoms with E-state index in [2.05, 4.69) is 70.1 Å². The van der Waals surface area contributed by atoms with Gasteiger partial charge in [0, 0.05) is 30.6 Å². The summed E-state index contributed by atoms with van der Waals surface area (Å²) in [5, 5.41) is 17.3. The van der Waals surface area contributed by atoms with Gasteiger partial charge in [0.2, 0.25) is 0 Å². The number of hydrogen-bond acceptors (Lipinski definition) is 6. The number of nitrogens with one attached hydrogen (secondary N) is 1. The van der Waals surface area contributed by atoms with Gasteiger partial charge in [-0.3, -0.25) is 9.78 Å². The van der Waals surface area contributed by atoms with Gasteiger partial charge in [-0.2, -0.15) is 0 Å². The summed E-state index contributed by atoms with van der Waals surface area (Å²) < 4.78 is 11.1. The second kappa shape index (κ2) is 14.8. The molecule has 5 rings (SSSR count).